The zero-order valence-electron chi connectivity index (χ0n) is 15.2. The van der Waals surface area contributed by atoms with Crippen LogP contribution in [-0.2, 0) is 16.4 Å². The molecule has 2 aliphatic heterocycles. The molecule has 0 aliphatic carbocycles. The number of anilines is 1. The van der Waals surface area contributed by atoms with E-state index in [2.05, 4.69) is 0 Å². The number of likely N-dealkylation sites (tertiary alicyclic amines) is 1. The summed E-state index contributed by atoms with van der Waals surface area (Å²) in [4.78, 5) is 14.4. The van der Waals surface area contributed by atoms with Gasteiger partial charge in [-0.15, -0.1) is 0 Å². The molecule has 0 unspecified atom stereocenters. The summed E-state index contributed by atoms with van der Waals surface area (Å²) in [6, 6.07) is 11.8. The quantitative estimate of drug-likeness (QED) is 0.828. The highest BCUT2D eigenvalue weighted by Crippen LogP contribution is 2.35. The molecule has 0 aromatic heterocycles. The van der Waals surface area contributed by atoms with Gasteiger partial charge in [0.05, 0.1) is 16.8 Å². The van der Waals surface area contributed by atoms with E-state index in [1.165, 1.54) is 16.4 Å². The molecule has 0 atom stereocenters. The topological polar surface area (TPSA) is 77.9 Å². The van der Waals surface area contributed by atoms with E-state index in [9.17, 15) is 18.3 Å². The molecule has 2 aromatic carbocycles. The molecule has 1 saturated heterocycles. The maximum Gasteiger partial charge on any atom is 0.265 e. The van der Waals surface area contributed by atoms with Crippen molar-refractivity contribution >= 4 is 33.2 Å². The highest BCUT2D eigenvalue weighted by Gasteiger charge is 2.33. The average Bonchev–Trinajstić information content (AvgIpc) is 3.13. The molecule has 4 rings (SSSR count). The molecular formula is C20H21ClN2O4S. The fourth-order valence-corrected chi connectivity index (χ4v) is 5.77. The predicted octanol–water partition coefficient (Wildman–Crippen LogP) is 2.69. The smallest absolute Gasteiger partial charge is 0.265 e. The van der Waals surface area contributed by atoms with Gasteiger partial charge in [0.25, 0.3) is 15.9 Å². The average molecular weight is 421 g/mol. The summed E-state index contributed by atoms with van der Waals surface area (Å²) in [5.74, 6) is -0.248. The standard InChI is InChI=1S/C20H21ClN2O4S/c21-17-6-5-15(20(25)22-10-8-16(24)9-11-22)13-19(17)28(26,27)23-12-7-14-3-1-2-4-18(14)23/h1-6,13,16,24H,7-12H2. The number of fused-ring (bicyclic) bond motifs is 1. The van der Waals surface area contributed by atoms with Crippen LogP contribution in [0.3, 0.4) is 0 Å². The van der Waals surface area contributed by atoms with Gasteiger partial charge in [-0.2, -0.15) is 0 Å². The van der Waals surface area contributed by atoms with Crippen LogP contribution in [0.1, 0.15) is 28.8 Å². The number of piperidine rings is 1. The second kappa shape index (κ2) is 7.39. The van der Waals surface area contributed by atoms with E-state index in [0.29, 0.717) is 44.6 Å². The molecule has 1 fully saturated rings. The van der Waals surface area contributed by atoms with Crippen molar-refractivity contribution in [1.29, 1.82) is 0 Å². The lowest BCUT2D eigenvalue weighted by Gasteiger charge is -2.30. The highest BCUT2D eigenvalue weighted by molar-refractivity contribution is 7.93. The Kier molecular flexibility index (Phi) is 5.07. The van der Waals surface area contributed by atoms with Crippen LogP contribution in [0.25, 0.3) is 0 Å². The SMILES string of the molecule is O=C(c1ccc(Cl)c(S(=O)(=O)N2CCc3ccccc32)c1)N1CCC(O)CC1. The minimum atomic E-state index is -3.89. The third kappa shape index (κ3) is 3.38. The number of sulfonamides is 1. The van der Waals surface area contributed by atoms with Crippen LogP contribution in [0.15, 0.2) is 47.4 Å². The van der Waals surface area contributed by atoms with Crippen LogP contribution in [0, 0.1) is 0 Å². The molecule has 28 heavy (non-hydrogen) atoms. The zero-order valence-corrected chi connectivity index (χ0v) is 16.8. The van der Waals surface area contributed by atoms with Gasteiger partial charge in [-0.1, -0.05) is 29.8 Å². The zero-order chi connectivity index (χ0) is 19.9. The molecule has 0 radical (unpaired) electrons. The normalized spacial score (nSPS) is 17.6. The van der Waals surface area contributed by atoms with Gasteiger partial charge in [-0.05, 0) is 49.1 Å². The molecule has 2 heterocycles. The Morgan fingerprint density at radius 2 is 1.79 bits per heavy atom. The number of para-hydroxylation sites is 1. The molecule has 6 nitrogen and oxygen atoms in total. The fourth-order valence-electron chi connectivity index (χ4n) is 3.76. The van der Waals surface area contributed by atoms with E-state index < -0.39 is 10.0 Å². The number of aliphatic hydroxyl groups is 1. The monoisotopic (exact) mass is 420 g/mol. The number of nitrogens with zero attached hydrogens (tertiary/aromatic N) is 2. The van der Waals surface area contributed by atoms with Crippen molar-refractivity contribution in [3.63, 3.8) is 0 Å². The summed E-state index contributed by atoms with van der Waals surface area (Å²) in [5, 5.41) is 9.72. The molecule has 2 aliphatic rings. The number of hydrogen-bond donors (Lipinski definition) is 1. The first-order chi connectivity index (χ1) is 13.4. The molecule has 0 bridgehead atoms. The summed E-state index contributed by atoms with van der Waals surface area (Å²) in [6.45, 7) is 1.24. The number of benzene rings is 2. The molecule has 1 amide bonds. The third-order valence-corrected chi connectivity index (χ3v) is 7.64. The minimum absolute atomic E-state index is 0.0613. The minimum Gasteiger partial charge on any atom is -0.393 e. The number of aliphatic hydroxyl groups excluding tert-OH is 1. The van der Waals surface area contributed by atoms with Gasteiger partial charge in [0.2, 0.25) is 0 Å². The molecule has 0 spiro atoms. The molecule has 8 heteroatoms. The molecule has 0 saturated carbocycles. The fraction of sp³-hybridized carbons (Fsp3) is 0.350. The second-order valence-electron chi connectivity index (χ2n) is 7.12. The second-order valence-corrected chi connectivity index (χ2v) is 9.36. The molecule has 1 N–H and O–H groups in total. The van der Waals surface area contributed by atoms with Gasteiger partial charge in [-0.3, -0.25) is 9.10 Å². The first-order valence-corrected chi connectivity index (χ1v) is 11.1. The first kappa shape index (κ1) is 19.2. The Morgan fingerprint density at radius 1 is 1.07 bits per heavy atom. The summed E-state index contributed by atoms with van der Waals surface area (Å²) >= 11 is 6.23. The Morgan fingerprint density at radius 3 is 2.54 bits per heavy atom. The van der Waals surface area contributed by atoms with Gasteiger partial charge in [0, 0.05) is 25.2 Å². The summed E-state index contributed by atoms with van der Waals surface area (Å²) in [5.41, 5.74) is 1.91. The van der Waals surface area contributed by atoms with Crippen LogP contribution in [-0.4, -0.2) is 50.1 Å². The van der Waals surface area contributed by atoms with Crippen molar-refractivity contribution in [2.24, 2.45) is 0 Å². The summed E-state index contributed by atoms with van der Waals surface area (Å²) in [6.07, 6.45) is 1.30. The Hall–Kier alpha value is -2.09. The van der Waals surface area contributed by atoms with Crippen molar-refractivity contribution in [1.82, 2.24) is 4.90 Å². The first-order valence-electron chi connectivity index (χ1n) is 9.25. The van der Waals surface area contributed by atoms with E-state index in [4.69, 9.17) is 11.6 Å². The van der Waals surface area contributed by atoms with E-state index in [1.54, 1.807) is 23.1 Å². The van der Waals surface area contributed by atoms with Gasteiger partial charge >= 0.3 is 0 Å². The van der Waals surface area contributed by atoms with E-state index in [0.717, 1.165) is 5.56 Å². The van der Waals surface area contributed by atoms with Crippen molar-refractivity contribution < 1.29 is 18.3 Å². The van der Waals surface area contributed by atoms with Gasteiger partial charge in [0.15, 0.2) is 0 Å². The van der Waals surface area contributed by atoms with Crippen molar-refractivity contribution in [2.45, 2.75) is 30.3 Å². The summed E-state index contributed by atoms with van der Waals surface area (Å²) in [7, 11) is -3.89. The highest BCUT2D eigenvalue weighted by atomic mass is 35.5. The largest absolute Gasteiger partial charge is 0.393 e. The number of amides is 1. The summed E-state index contributed by atoms with van der Waals surface area (Å²) < 4.78 is 27.9. The van der Waals surface area contributed by atoms with Crippen LogP contribution < -0.4 is 4.31 Å². The molecule has 148 valence electrons. The van der Waals surface area contributed by atoms with Crippen LogP contribution in [0.5, 0.6) is 0 Å². The maximum absolute atomic E-state index is 13.3. The number of hydrogen-bond acceptors (Lipinski definition) is 4. The lowest BCUT2D eigenvalue weighted by molar-refractivity contribution is 0.0546. The Balaban J connectivity index is 1.67. The van der Waals surface area contributed by atoms with E-state index >= 15 is 0 Å². The predicted molar refractivity (Wildman–Crippen MR) is 107 cm³/mol. The lowest BCUT2D eigenvalue weighted by Crippen LogP contribution is -2.40. The van der Waals surface area contributed by atoms with Crippen molar-refractivity contribution in [3.8, 4) is 0 Å². The number of carbonyl (C=O) groups excluding carboxylic acids is 1. The van der Waals surface area contributed by atoms with Crippen LogP contribution in [0.4, 0.5) is 5.69 Å². The molecule has 2 aromatic rings. The number of halogens is 1. The van der Waals surface area contributed by atoms with Crippen molar-refractivity contribution in [2.75, 3.05) is 23.9 Å². The van der Waals surface area contributed by atoms with Crippen LogP contribution >= 0.6 is 11.6 Å². The number of rotatable bonds is 3. The van der Waals surface area contributed by atoms with E-state index in [1.807, 2.05) is 12.1 Å². The number of carbonyl (C=O) groups is 1. The Labute approximate surface area is 169 Å². The maximum atomic E-state index is 13.3. The van der Waals surface area contributed by atoms with Crippen LogP contribution in [0.2, 0.25) is 5.02 Å². The van der Waals surface area contributed by atoms with Gasteiger partial charge in [0.1, 0.15) is 4.90 Å². The van der Waals surface area contributed by atoms with E-state index in [-0.39, 0.29) is 27.5 Å². The molecular weight excluding hydrogens is 400 g/mol. The lowest BCUT2D eigenvalue weighted by atomic mass is 10.1. The Bertz CT molecular complexity index is 1020. The van der Waals surface area contributed by atoms with Gasteiger partial charge in [-0.25, -0.2) is 8.42 Å². The van der Waals surface area contributed by atoms with Crippen molar-refractivity contribution in [3.05, 3.63) is 58.6 Å². The van der Waals surface area contributed by atoms with Gasteiger partial charge < -0.3 is 10.0 Å². The third-order valence-electron chi connectivity index (χ3n) is 5.34.